The summed E-state index contributed by atoms with van der Waals surface area (Å²) in [4.78, 5) is 26.0. The summed E-state index contributed by atoms with van der Waals surface area (Å²) in [5, 5.41) is 12.6. The van der Waals surface area contributed by atoms with Gasteiger partial charge in [0.1, 0.15) is 22.6 Å². The molecule has 1 amide bonds. The van der Waals surface area contributed by atoms with Crippen LogP contribution < -0.4 is 10.5 Å². The fourth-order valence-corrected chi connectivity index (χ4v) is 7.54. The van der Waals surface area contributed by atoms with Crippen molar-refractivity contribution >= 4 is 22.6 Å². The summed E-state index contributed by atoms with van der Waals surface area (Å²) in [5.41, 5.74) is 11.3. The fourth-order valence-electron chi connectivity index (χ4n) is 7.54. The molecular weight excluding hydrogens is 552 g/mol. The van der Waals surface area contributed by atoms with Crippen LogP contribution in [0.1, 0.15) is 66.3 Å². The topological polar surface area (TPSA) is 111 Å². The Morgan fingerprint density at radius 1 is 1.07 bits per heavy atom. The molecule has 3 N–H and O–H groups in total. The van der Waals surface area contributed by atoms with Gasteiger partial charge in [-0.05, 0) is 81.7 Å². The first-order valence-corrected chi connectivity index (χ1v) is 15.7. The molecule has 1 aromatic carbocycles. The molecular formula is C35H38N6O3. The lowest BCUT2D eigenvalue weighted by Gasteiger charge is -2.23. The van der Waals surface area contributed by atoms with E-state index in [2.05, 4.69) is 10.6 Å². The van der Waals surface area contributed by atoms with E-state index < -0.39 is 5.60 Å². The van der Waals surface area contributed by atoms with Crippen LogP contribution in [0.2, 0.25) is 0 Å². The second-order valence-corrected chi connectivity index (χ2v) is 13.1. The summed E-state index contributed by atoms with van der Waals surface area (Å²) in [6, 6.07) is 19.8. The van der Waals surface area contributed by atoms with E-state index in [1.165, 1.54) is 12.8 Å². The number of ether oxygens (including phenoxy) is 1. The zero-order chi connectivity index (χ0) is 30.3. The van der Waals surface area contributed by atoms with Crippen molar-refractivity contribution < 1.29 is 14.6 Å². The molecule has 0 radical (unpaired) electrons. The Morgan fingerprint density at radius 3 is 2.55 bits per heavy atom. The maximum Gasteiger partial charge on any atom is 0.254 e. The molecule has 6 heterocycles. The maximum atomic E-state index is 13.8. The van der Waals surface area contributed by atoms with Gasteiger partial charge in [-0.25, -0.2) is 9.97 Å². The minimum Gasteiger partial charge on any atom is -0.482 e. The molecule has 4 aromatic heterocycles. The minimum atomic E-state index is -1.24. The van der Waals surface area contributed by atoms with E-state index in [4.69, 9.17) is 20.4 Å². The van der Waals surface area contributed by atoms with Crippen molar-refractivity contribution in [1.29, 1.82) is 0 Å². The van der Waals surface area contributed by atoms with Crippen LogP contribution in [0.4, 0.5) is 0 Å². The summed E-state index contributed by atoms with van der Waals surface area (Å²) < 4.78 is 10.1. The van der Waals surface area contributed by atoms with Crippen LogP contribution in [-0.2, 0) is 12.1 Å². The Hall–Kier alpha value is -4.21. The Balaban J connectivity index is 1.25. The Labute approximate surface area is 256 Å². The number of imidazole rings is 1. The third-order valence-corrected chi connectivity index (χ3v) is 10.2. The number of benzene rings is 1. The SMILES string of the molecule is COc1cc(C(=O)N2[C@H]3CC[C@@H]2[C@H](N)C3)cc2nc(-c3cc4ccc(C(C)(O)c5ccccc5)nc4n3CC3CC3)c(C)n12. The lowest BCUT2D eigenvalue weighted by atomic mass is 9.92. The Bertz CT molecular complexity index is 1920. The van der Waals surface area contributed by atoms with Gasteiger partial charge in [0.2, 0.25) is 0 Å². The van der Waals surface area contributed by atoms with Gasteiger partial charge < -0.3 is 25.0 Å². The number of aromatic nitrogens is 4. The summed E-state index contributed by atoms with van der Waals surface area (Å²) in [5.74, 6) is 1.16. The monoisotopic (exact) mass is 590 g/mol. The summed E-state index contributed by atoms with van der Waals surface area (Å²) in [6.45, 7) is 4.66. The fraction of sp³-hybridized carbons (Fsp3) is 0.400. The van der Waals surface area contributed by atoms with Crippen molar-refractivity contribution in [2.24, 2.45) is 11.7 Å². The van der Waals surface area contributed by atoms with E-state index in [9.17, 15) is 9.90 Å². The summed E-state index contributed by atoms with van der Waals surface area (Å²) in [6.07, 6.45) is 5.21. The first-order valence-electron chi connectivity index (χ1n) is 15.7. The quantitative estimate of drug-likeness (QED) is 0.275. The molecule has 1 saturated carbocycles. The van der Waals surface area contributed by atoms with Crippen LogP contribution in [0.15, 0.2) is 60.7 Å². The summed E-state index contributed by atoms with van der Waals surface area (Å²) in [7, 11) is 1.63. The van der Waals surface area contributed by atoms with Gasteiger partial charge in [-0.2, -0.15) is 0 Å². The van der Waals surface area contributed by atoms with E-state index in [-0.39, 0.29) is 24.0 Å². The zero-order valence-corrected chi connectivity index (χ0v) is 25.4. The molecule has 2 bridgehead atoms. The number of fused-ring (bicyclic) bond motifs is 4. The number of aliphatic hydroxyl groups is 1. The number of hydrogen-bond donors (Lipinski definition) is 2. The molecule has 9 heteroatoms. The van der Waals surface area contributed by atoms with E-state index >= 15 is 0 Å². The Kier molecular flexibility index (Phi) is 6.16. The highest BCUT2D eigenvalue weighted by molar-refractivity contribution is 5.96. The lowest BCUT2D eigenvalue weighted by Crippen LogP contribution is -2.40. The second kappa shape index (κ2) is 9.90. The molecule has 0 spiro atoms. The molecule has 4 atom stereocenters. The molecule has 3 fully saturated rings. The van der Waals surface area contributed by atoms with E-state index in [1.54, 1.807) is 14.0 Å². The molecule has 3 aliphatic rings. The maximum absolute atomic E-state index is 13.8. The number of carbonyl (C=O) groups is 1. The van der Waals surface area contributed by atoms with Gasteiger partial charge >= 0.3 is 0 Å². The van der Waals surface area contributed by atoms with Gasteiger partial charge in [0.25, 0.3) is 5.91 Å². The highest BCUT2D eigenvalue weighted by Gasteiger charge is 2.47. The highest BCUT2D eigenvalue weighted by Crippen LogP contribution is 2.40. The predicted molar refractivity (Wildman–Crippen MR) is 169 cm³/mol. The normalized spacial score (nSPS) is 22.7. The molecule has 2 aliphatic heterocycles. The van der Waals surface area contributed by atoms with Crippen molar-refractivity contribution in [2.45, 2.75) is 76.2 Å². The van der Waals surface area contributed by atoms with Gasteiger partial charge in [0.05, 0.1) is 24.2 Å². The molecule has 226 valence electrons. The van der Waals surface area contributed by atoms with Crippen molar-refractivity contribution in [3.05, 3.63) is 83.2 Å². The van der Waals surface area contributed by atoms with Crippen molar-refractivity contribution in [3.8, 4) is 17.3 Å². The first kappa shape index (κ1) is 27.3. The zero-order valence-electron chi connectivity index (χ0n) is 25.4. The number of methoxy groups -OCH3 is 1. The standard InChI is InChI=1S/C35H38N6O3/c1-20-32(38-30-16-23(17-31(44-3)40(20)30)34(42)41-25-12-13-27(41)26(36)18-25)28-15-22-11-14-29(35(2,43)24-7-5-4-6-8-24)37-33(22)39(28)19-21-9-10-21/h4-8,11,14-17,21,25-27,43H,9-10,12-13,18-19,36H2,1-3H3/t25-,26+,27+,35?/m0/s1. The average Bonchev–Trinajstić information content (AvgIpc) is 3.35. The number of amides is 1. The van der Waals surface area contributed by atoms with Crippen molar-refractivity contribution in [2.75, 3.05) is 7.11 Å². The van der Waals surface area contributed by atoms with Crippen LogP contribution in [0, 0.1) is 12.8 Å². The second-order valence-electron chi connectivity index (χ2n) is 13.1. The van der Waals surface area contributed by atoms with E-state index in [0.29, 0.717) is 28.7 Å². The molecule has 2 saturated heterocycles. The number of aryl methyl sites for hydroxylation is 1. The van der Waals surface area contributed by atoms with Crippen molar-refractivity contribution in [1.82, 2.24) is 23.8 Å². The number of pyridine rings is 2. The minimum absolute atomic E-state index is 0.00139. The van der Waals surface area contributed by atoms with Crippen LogP contribution in [0.5, 0.6) is 5.88 Å². The van der Waals surface area contributed by atoms with Crippen LogP contribution in [0.3, 0.4) is 0 Å². The molecule has 8 rings (SSSR count). The molecule has 9 nitrogen and oxygen atoms in total. The van der Waals surface area contributed by atoms with E-state index in [0.717, 1.165) is 59.5 Å². The van der Waals surface area contributed by atoms with Gasteiger partial charge in [-0.3, -0.25) is 9.20 Å². The highest BCUT2D eigenvalue weighted by atomic mass is 16.5. The number of nitrogens with two attached hydrogens (primary N) is 1. The van der Waals surface area contributed by atoms with Crippen LogP contribution in [-0.4, -0.2) is 60.1 Å². The van der Waals surface area contributed by atoms with Crippen LogP contribution >= 0.6 is 0 Å². The average molecular weight is 591 g/mol. The molecule has 5 aromatic rings. The van der Waals surface area contributed by atoms with Gasteiger partial charge in [-0.15, -0.1) is 0 Å². The largest absolute Gasteiger partial charge is 0.482 e. The number of nitrogens with zero attached hydrogens (tertiary/aromatic N) is 5. The molecule has 44 heavy (non-hydrogen) atoms. The van der Waals surface area contributed by atoms with Crippen LogP contribution in [0.25, 0.3) is 28.1 Å². The number of carbonyl (C=O) groups excluding carboxylic acids is 1. The number of hydrogen-bond acceptors (Lipinski definition) is 6. The Morgan fingerprint density at radius 2 is 1.86 bits per heavy atom. The smallest absolute Gasteiger partial charge is 0.254 e. The lowest BCUT2D eigenvalue weighted by molar-refractivity contribution is 0.0725. The third-order valence-electron chi connectivity index (χ3n) is 10.2. The van der Waals surface area contributed by atoms with Gasteiger partial charge in [0, 0.05) is 41.7 Å². The summed E-state index contributed by atoms with van der Waals surface area (Å²) >= 11 is 0. The third kappa shape index (κ3) is 4.17. The molecule has 1 aliphatic carbocycles. The predicted octanol–water partition coefficient (Wildman–Crippen LogP) is 5.04. The van der Waals surface area contributed by atoms with E-state index in [1.807, 2.05) is 70.8 Å². The first-order chi connectivity index (χ1) is 21.2. The van der Waals surface area contributed by atoms with Gasteiger partial charge in [-0.1, -0.05) is 30.3 Å². The number of rotatable bonds is 7. The van der Waals surface area contributed by atoms with Crippen molar-refractivity contribution in [3.63, 3.8) is 0 Å². The van der Waals surface area contributed by atoms with Gasteiger partial charge in [0.15, 0.2) is 5.88 Å². The molecule has 1 unspecified atom stereocenters.